The quantitative estimate of drug-likeness (QED) is 0.245. The summed E-state index contributed by atoms with van der Waals surface area (Å²) in [5.41, 5.74) is -1.03. The number of fused-ring (bicyclic) bond motifs is 1. The lowest BCUT2D eigenvalue weighted by Crippen LogP contribution is -2.31. The van der Waals surface area contributed by atoms with Crippen LogP contribution in [-0.2, 0) is 10.1 Å². The van der Waals surface area contributed by atoms with E-state index in [1.807, 2.05) is 22.6 Å². The summed E-state index contributed by atoms with van der Waals surface area (Å²) in [6.45, 7) is -0.767. The van der Waals surface area contributed by atoms with Gasteiger partial charge in [-0.15, -0.1) is 0 Å². The van der Waals surface area contributed by atoms with Crippen LogP contribution in [0.25, 0.3) is 11.0 Å². The maximum absolute atomic E-state index is 15.1. The van der Waals surface area contributed by atoms with Crippen LogP contribution in [0, 0.1) is 21.0 Å². The molecular formula is C20H17F3INO6S. The molecule has 172 valence electrons. The summed E-state index contributed by atoms with van der Waals surface area (Å²) >= 11 is 1.88. The van der Waals surface area contributed by atoms with Crippen molar-refractivity contribution in [1.82, 2.24) is 0 Å². The van der Waals surface area contributed by atoms with Gasteiger partial charge in [-0.1, -0.05) is 0 Å². The summed E-state index contributed by atoms with van der Waals surface area (Å²) < 4.78 is 82.5. The molecule has 3 atom stereocenters. The highest BCUT2D eigenvalue weighted by Gasteiger charge is 2.66. The molecule has 0 amide bonds. The molecule has 1 aliphatic carbocycles. The highest BCUT2D eigenvalue weighted by molar-refractivity contribution is 14.1. The van der Waals surface area contributed by atoms with E-state index in [0.29, 0.717) is 3.57 Å². The summed E-state index contributed by atoms with van der Waals surface area (Å²) in [4.78, 5) is 0. The minimum Gasteiger partial charge on any atom is -0.464 e. The summed E-state index contributed by atoms with van der Waals surface area (Å²) in [5, 5.41) is 21.2. The first-order valence-corrected chi connectivity index (χ1v) is 11.9. The molecule has 0 aliphatic heterocycles. The van der Waals surface area contributed by atoms with Gasteiger partial charge in [0.2, 0.25) is 0 Å². The van der Waals surface area contributed by atoms with Gasteiger partial charge in [0.25, 0.3) is 10.1 Å². The molecule has 1 aliphatic rings. The second-order valence-electron chi connectivity index (χ2n) is 7.67. The Morgan fingerprint density at radius 2 is 1.97 bits per heavy atom. The van der Waals surface area contributed by atoms with Gasteiger partial charge in [0, 0.05) is 15.1 Å². The number of hydrogen-bond acceptors (Lipinski definition) is 6. The van der Waals surface area contributed by atoms with Gasteiger partial charge in [0.05, 0.1) is 35.7 Å². The molecule has 3 aromatic rings. The number of halogens is 4. The van der Waals surface area contributed by atoms with E-state index in [1.165, 1.54) is 18.2 Å². The number of benzene rings is 2. The fourth-order valence-corrected chi connectivity index (χ4v) is 5.77. The number of anilines is 2. The number of furan rings is 1. The maximum Gasteiger partial charge on any atom is 0.271 e. The Labute approximate surface area is 194 Å². The molecule has 12 heteroatoms. The molecule has 3 unspecified atom stereocenters. The summed E-state index contributed by atoms with van der Waals surface area (Å²) in [6.07, 6.45) is -1.20. The van der Waals surface area contributed by atoms with Gasteiger partial charge in [-0.2, -0.15) is 8.42 Å². The molecule has 0 spiro atoms. The standard InChI is InChI=1S/C20H17F3INO6S/c21-13-5-9(24)1-2-14(13)25-18-15(19-11(3-4-31-19)16(22)17(18)23)12-7-20(12,32(28,29)30)6-10(27)8-26/h1-5,10,12,25-27H,6-8H2,(H,28,29,30). The number of hydrogen-bond donors (Lipinski definition) is 4. The Morgan fingerprint density at radius 3 is 2.59 bits per heavy atom. The van der Waals surface area contributed by atoms with E-state index in [2.05, 4.69) is 5.32 Å². The Bertz CT molecular complexity index is 1310. The maximum atomic E-state index is 15.1. The molecular weight excluding hydrogens is 566 g/mol. The molecule has 0 radical (unpaired) electrons. The van der Waals surface area contributed by atoms with Crippen molar-refractivity contribution in [1.29, 1.82) is 0 Å². The van der Waals surface area contributed by atoms with Crippen LogP contribution in [0.4, 0.5) is 24.5 Å². The van der Waals surface area contributed by atoms with Crippen molar-refractivity contribution in [2.45, 2.75) is 29.6 Å². The van der Waals surface area contributed by atoms with Crippen LogP contribution in [0.3, 0.4) is 0 Å². The molecule has 2 aromatic carbocycles. The molecule has 0 saturated heterocycles. The fourth-order valence-electron chi connectivity index (χ4n) is 4.06. The zero-order valence-electron chi connectivity index (χ0n) is 16.1. The normalized spacial score (nSPS) is 21.7. The van der Waals surface area contributed by atoms with Crippen LogP contribution in [0.1, 0.15) is 24.3 Å². The molecule has 1 saturated carbocycles. The van der Waals surface area contributed by atoms with E-state index in [0.717, 1.165) is 12.3 Å². The molecule has 4 rings (SSSR count). The Balaban J connectivity index is 1.92. The lowest BCUT2D eigenvalue weighted by Gasteiger charge is -2.20. The van der Waals surface area contributed by atoms with E-state index in [4.69, 9.17) is 9.52 Å². The van der Waals surface area contributed by atoms with Gasteiger partial charge in [0.1, 0.15) is 16.1 Å². The van der Waals surface area contributed by atoms with Crippen LogP contribution in [-0.4, -0.2) is 40.6 Å². The summed E-state index contributed by atoms with van der Waals surface area (Å²) in [7, 11) is -4.80. The van der Waals surface area contributed by atoms with Crippen molar-refractivity contribution >= 4 is 55.1 Å². The SMILES string of the molecule is O=S(=O)(O)C1(CC(O)CO)CC1c1c(Nc2ccc(I)cc2F)c(F)c(F)c2ccoc12. The van der Waals surface area contributed by atoms with E-state index in [-0.39, 0.29) is 28.6 Å². The Hall–Kier alpha value is -1.87. The first-order chi connectivity index (χ1) is 15.0. The molecule has 1 aromatic heterocycles. The van der Waals surface area contributed by atoms with Crippen LogP contribution in [0.5, 0.6) is 0 Å². The largest absolute Gasteiger partial charge is 0.464 e. The molecule has 1 heterocycles. The van der Waals surface area contributed by atoms with Crippen LogP contribution >= 0.6 is 22.6 Å². The summed E-state index contributed by atoms with van der Waals surface area (Å²) in [6, 6.07) is 5.16. The molecule has 0 bridgehead atoms. The van der Waals surface area contributed by atoms with Crippen LogP contribution in [0.2, 0.25) is 0 Å². The Morgan fingerprint density at radius 1 is 1.25 bits per heavy atom. The third-order valence-corrected chi connectivity index (χ3v) is 8.01. The number of aliphatic hydroxyl groups is 2. The molecule has 7 nitrogen and oxygen atoms in total. The second kappa shape index (κ2) is 8.17. The van der Waals surface area contributed by atoms with Crippen molar-refractivity contribution in [2.24, 2.45) is 0 Å². The fraction of sp³-hybridized carbons (Fsp3) is 0.300. The van der Waals surface area contributed by atoms with Crippen molar-refractivity contribution in [2.75, 3.05) is 11.9 Å². The highest BCUT2D eigenvalue weighted by Crippen LogP contribution is 2.62. The summed E-state index contributed by atoms with van der Waals surface area (Å²) in [5.74, 6) is -4.54. The van der Waals surface area contributed by atoms with Gasteiger partial charge in [-0.25, -0.2) is 13.2 Å². The topological polar surface area (TPSA) is 120 Å². The van der Waals surface area contributed by atoms with Gasteiger partial charge in [0.15, 0.2) is 11.6 Å². The number of rotatable bonds is 7. The minimum atomic E-state index is -4.80. The number of aliphatic hydroxyl groups excluding tert-OH is 2. The van der Waals surface area contributed by atoms with Crippen molar-refractivity contribution in [3.05, 3.63) is 57.1 Å². The van der Waals surface area contributed by atoms with Crippen LogP contribution < -0.4 is 5.32 Å². The zero-order chi connectivity index (χ0) is 23.4. The minimum absolute atomic E-state index is 0.121. The molecule has 32 heavy (non-hydrogen) atoms. The second-order valence-corrected chi connectivity index (χ2v) is 10.7. The molecule has 1 fully saturated rings. The van der Waals surface area contributed by atoms with Gasteiger partial charge in [-0.3, -0.25) is 4.55 Å². The van der Waals surface area contributed by atoms with E-state index in [9.17, 15) is 26.9 Å². The average Bonchev–Trinajstić information content (AvgIpc) is 3.23. The predicted octanol–water partition coefficient (Wildman–Crippen LogP) is 4.06. The van der Waals surface area contributed by atoms with Crippen LogP contribution in [0.15, 0.2) is 34.9 Å². The van der Waals surface area contributed by atoms with E-state index in [1.54, 1.807) is 0 Å². The van der Waals surface area contributed by atoms with E-state index < -0.39 is 63.1 Å². The zero-order valence-corrected chi connectivity index (χ0v) is 19.1. The van der Waals surface area contributed by atoms with Crippen molar-refractivity contribution in [3.63, 3.8) is 0 Å². The van der Waals surface area contributed by atoms with Crippen molar-refractivity contribution < 1.29 is 40.8 Å². The highest BCUT2D eigenvalue weighted by atomic mass is 127. The van der Waals surface area contributed by atoms with Crippen molar-refractivity contribution in [3.8, 4) is 0 Å². The predicted molar refractivity (Wildman–Crippen MR) is 118 cm³/mol. The first kappa shape index (κ1) is 23.3. The van der Waals surface area contributed by atoms with Gasteiger partial charge in [-0.05, 0) is 59.7 Å². The van der Waals surface area contributed by atoms with Gasteiger partial charge >= 0.3 is 0 Å². The lowest BCUT2D eigenvalue weighted by atomic mass is 10.00. The molecule has 4 N–H and O–H groups in total. The monoisotopic (exact) mass is 583 g/mol. The van der Waals surface area contributed by atoms with Gasteiger partial charge < -0.3 is 19.9 Å². The number of nitrogens with one attached hydrogen (secondary N) is 1. The lowest BCUT2D eigenvalue weighted by molar-refractivity contribution is 0.0847. The smallest absolute Gasteiger partial charge is 0.271 e. The third-order valence-electron chi connectivity index (χ3n) is 5.70. The van der Waals surface area contributed by atoms with E-state index >= 15 is 4.39 Å². The Kier molecular flexibility index (Phi) is 5.94. The third kappa shape index (κ3) is 3.77. The average molecular weight is 583 g/mol. The first-order valence-electron chi connectivity index (χ1n) is 9.36.